The fraction of sp³-hybridized carbons (Fsp3) is 0.417. The molecule has 0 spiro atoms. The number of thiazole rings is 1. The van der Waals surface area contributed by atoms with Gasteiger partial charge in [0.05, 0.1) is 44.8 Å². The second-order valence-electron chi connectivity index (χ2n) is 7.66. The number of hydrogen-bond donors (Lipinski definition) is 0. The number of carbonyl (C=O) groups excluding carboxylic acids is 1. The maximum absolute atomic E-state index is 13.6. The van der Waals surface area contributed by atoms with Gasteiger partial charge in [-0.1, -0.05) is 11.3 Å². The Labute approximate surface area is 197 Å². The van der Waals surface area contributed by atoms with Crippen molar-refractivity contribution in [1.82, 2.24) is 9.88 Å². The van der Waals surface area contributed by atoms with Gasteiger partial charge in [0.15, 0.2) is 16.6 Å². The molecule has 3 aromatic rings. The van der Waals surface area contributed by atoms with E-state index in [0.717, 1.165) is 55.2 Å². The van der Waals surface area contributed by atoms with Crippen molar-refractivity contribution in [2.24, 2.45) is 0 Å². The molecule has 0 aliphatic carbocycles. The Bertz CT molecular complexity index is 1100. The molecule has 4 rings (SSSR count). The average Bonchev–Trinajstić information content (AvgIpc) is 3.29. The van der Waals surface area contributed by atoms with Gasteiger partial charge in [0.25, 0.3) is 5.91 Å². The molecule has 0 bridgehead atoms. The van der Waals surface area contributed by atoms with E-state index in [2.05, 4.69) is 4.90 Å². The van der Waals surface area contributed by atoms with E-state index in [0.29, 0.717) is 28.7 Å². The van der Waals surface area contributed by atoms with Crippen LogP contribution in [0.3, 0.4) is 0 Å². The van der Waals surface area contributed by atoms with E-state index in [-0.39, 0.29) is 5.91 Å². The third-order valence-electron chi connectivity index (χ3n) is 5.65. The molecule has 176 valence electrons. The first-order chi connectivity index (χ1) is 16.1. The van der Waals surface area contributed by atoms with Crippen molar-refractivity contribution in [2.45, 2.75) is 6.42 Å². The molecule has 2 heterocycles. The highest BCUT2D eigenvalue weighted by atomic mass is 32.1. The van der Waals surface area contributed by atoms with Crippen LogP contribution in [-0.4, -0.2) is 76.5 Å². The molecule has 1 aromatic heterocycles. The minimum absolute atomic E-state index is 0.121. The van der Waals surface area contributed by atoms with E-state index in [1.807, 2.05) is 18.2 Å². The SMILES string of the molecule is COc1ccc2nc(N(CCCN3CCOCC3)C(=O)c3ccc(OC)c(OC)c3)sc2c1. The minimum Gasteiger partial charge on any atom is -0.497 e. The zero-order valence-electron chi connectivity index (χ0n) is 19.2. The fourth-order valence-corrected chi connectivity index (χ4v) is 4.84. The maximum atomic E-state index is 13.6. The van der Waals surface area contributed by atoms with Gasteiger partial charge >= 0.3 is 0 Å². The normalized spacial score (nSPS) is 14.3. The first-order valence-corrected chi connectivity index (χ1v) is 11.7. The Balaban J connectivity index is 1.61. The van der Waals surface area contributed by atoms with Crippen LogP contribution >= 0.6 is 11.3 Å². The van der Waals surface area contributed by atoms with Gasteiger partial charge in [-0.25, -0.2) is 4.98 Å². The number of hydrogen-bond acceptors (Lipinski definition) is 8. The summed E-state index contributed by atoms with van der Waals surface area (Å²) in [6, 6.07) is 11.0. The van der Waals surface area contributed by atoms with Crippen LogP contribution in [0, 0.1) is 0 Å². The molecule has 0 radical (unpaired) electrons. The van der Waals surface area contributed by atoms with Crippen LogP contribution in [0.2, 0.25) is 0 Å². The van der Waals surface area contributed by atoms with Crippen molar-refractivity contribution in [3.05, 3.63) is 42.0 Å². The number of rotatable bonds is 9. The van der Waals surface area contributed by atoms with Gasteiger partial charge in [0.2, 0.25) is 0 Å². The van der Waals surface area contributed by atoms with E-state index in [1.165, 1.54) is 11.3 Å². The molecule has 1 saturated heterocycles. The van der Waals surface area contributed by atoms with E-state index in [9.17, 15) is 4.79 Å². The summed E-state index contributed by atoms with van der Waals surface area (Å²) in [6.45, 7) is 4.82. The third-order valence-corrected chi connectivity index (χ3v) is 6.69. The summed E-state index contributed by atoms with van der Waals surface area (Å²) in [5, 5.41) is 0.667. The molecule has 1 aliphatic heterocycles. The van der Waals surface area contributed by atoms with Gasteiger partial charge in [-0.3, -0.25) is 14.6 Å². The highest BCUT2D eigenvalue weighted by Crippen LogP contribution is 2.33. The molecule has 0 atom stereocenters. The van der Waals surface area contributed by atoms with Crippen molar-refractivity contribution in [3.63, 3.8) is 0 Å². The first-order valence-electron chi connectivity index (χ1n) is 10.9. The summed E-state index contributed by atoms with van der Waals surface area (Å²) in [6.07, 6.45) is 0.832. The third kappa shape index (κ3) is 5.38. The number of fused-ring (bicyclic) bond motifs is 1. The first kappa shape index (κ1) is 23.3. The average molecular weight is 472 g/mol. The Morgan fingerprint density at radius 1 is 1.06 bits per heavy atom. The number of morpholine rings is 1. The summed E-state index contributed by atoms with van der Waals surface area (Å²) in [4.78, 5) is 22.5. The number of methoxy groups -OCH3 is 3. The van der Waals surface area contributed by atoms with Crippen molar-refractivity contribution in [2.75, 3.05) is 65.6 Å². The van der Waals surface area contributed by atoms with Crippen molar-refractivity contribution >= 4 is 32.6 Å². The van der Waals surface area contributed by atoms with E-state index >= 15 is 0 Å². The van der Waals surface area contributed by atoms with Crippen molar-refractivity contribution in [1.29, 1.82) is 0 Å². The summed E-state index contributed by atoms with van der Waals surface area (Å²) in [5.41, 5.74) is 1.37. The van der Waals surface area contributed by atoms with E-state index < -0.39 is 0 Å². The van der Waals surface area contributed by atoms with Crippen molar-refractivity contribution in [3.8, 4) is 17.2 Å². The van der Waals surface area contributed by atoms with Gasteiger partial charge in [-0.15, -0.1) is 0 Å². The smallest absolute Gasteiger partial charge is 0.260 e. The van der Waals surface area contributed by atoms with Gasteiger partial charge in [0, 0.05) is 31.7 Å². The molecule has 1 amide bonds. The lowest BCUT2D eigenvalue weighted by atomic mass is 10.1. The lowest BCUT2D eigenvalue weighted by Crippen LogP contribution is -2.39. The molecule has 9 heteroatoms. The quantitative estimate of drug-likeness (QED) is 0.471. The van der Waals surface area contributed by atoms with Crippen LogP contribution in [0.15, 0.2) is 36.4 Å². The summed E-state index contributed by atoms with van der Waals surface area (Å²) in [7, 11) is 4.78. The standard InChI is InChI=1S/C24H29N3O5S/c1-29-18-6-7-19-22(16-18)33-24(25-19)27(10-4-9-26-11-13-32-14-12-26)23(28)17-5-8-20(30-2)21(15-17)31-3/h5-8,15-16H,4,9-14H2,1-3H3. The fourth-order valence-electron chi connectivity index (χ4n) is 3.82. The second-order valence-corrected chi connectivity index (χ2v) is 8.67. The van der Waals surface area contributed by atoms with Gasteiger partial charge in [0.1, 0.15) is 5.75 Å². The summed E-state index contributed by atoms with van der Waals surface area (Å²) in [5.74, 6) is 1.75. The highest BCUT2D eigenvalue weighted by Gasteiger charge is 2.23. The van der Waals surface area contributed by atoms with Gasteiger partial charge in [-0.2, -0.15) is 0 Å². The van der Waals surface area contributed by atoms with Crippen molar-refractivity contribution < 1.29 is 23.7 Å². The van der Waals surface area contributed by atoms with Crippen LogP contribution < -0.4 is 19.1 Å². The molecular formula is C24H29N3O5S. The molecule has 1 fully saturated rings. The lowest BCUT2D eigenvalue weighted by Gasteiger charge is -2.27. The molecule has 2 aromatic carbocycles. The van der Waals surface area contributed by atoms with Crippen LogP contribution in [0.5, 0.6) is 17.2 Å². The largest absolute Gasteiger partial charge is 0.497 e. The second kappa shape index (κ2) is 10.8. The minimum atomic E-state index is -0.121. The predicted octanol–water partition coefficient (Wildman–Crippen LogP) is 3.69. The number of carbonyl (C=O) groups is 1. The molecule has 8 nitrogen and oxygen atoms in total. The van der Waals surface area contributed by atoms with Crippen LogP contribution in [0.4, 0.5) is 5.13 Å². The molecular weight excluding hydrogens is 442 g/mol. The van der Waals surface area contributed by atoms with E-state index in [4.69, 9.17) is 23.9 Å². The predicted molar refractivity (Wildman–Crippen MR) is 129 cm³/mol. The number of anilines is 1. The number of ether oxygens (including phenoxy) is 4. The number of benzene rings is 2. The molecule has 0 saturated carbocycles. The zero-order chi connectivity index (χ0) is 23.2. The zero-order valence-corrected chi connectivity index (χ0v) is 20.0. The van der Waals surface area contributed by atoms with Gasteiger partial charge in [-0.05, 0) is 42.8 Å². The van der Waals surface area contributed by atoms with Crippen LogP contribution in [-0.2, 0) is 4.74 Å². The Hall–Kier alpha value is -2.88. The van der Waals surface area contributed by atoms with Crippen LogP contribution in [0.25, 0.3) is 10.2 Å². The monoisotopic (exact) mass is 471 g/mol. The maximum Gasteiger partial charge on any atom is 0.260 e. The molecule has 0 N–H and O–H groups in total. The summed E-state index contributed by atoms with van der Waals surface area (Å²) >= 11 is 1.49. The molecule has 0 unspecified atom stereocenters. The topological polar surface area (TPSA) is 73.4 Å². The summed E-state index contributed by atoms with van der Waals surface area (Å²) < 4.78 is 22.5. The number of aromatic nitrogens is 1. The van der Waals surface area contributed by atoms with Crippen LogP contribution in [0.1, 0.15) is 16.8 Å². The molecule has 1 aliphatic rings. The van der Waals surface area contributed by atoms with Gasteiger partial charge < -0.3 is 18.9 Å². The van der Waals surface area contributed by atoms with E-state index in [1.54, 1.807) is 44.4 Å². The Kier molecular flexibility index (Phi) is 7.64. The Morgan fingerprint density at radius 3 is 2.58 bits per heavy atom. The lowest BCUT2D eigenvalue weighted by molar-refractivity contribution is 0.0376. The Morgan fingerprint density at radius 2 is 1.85 bits per heavy atom. The highest BCUT2D eigenvalue weighted by molar-refractivity contribution is 7.22. The number of nitrogens with zero attached hydrogens (tertiary/aromatic N) is 3. The molecule has 33 heavy (non-hydrogen) atoms. The number of amides is 1.